The largest absolute Gasteiger partial charge is 0.383 e. The summed E-state index contributed by atoms with van der Waals surface area (Å²) in [6.45, 7) is 5.11. The van der Waals surface area contributed by atoms with E-state index in [2.05, 4.69) is 20.9 Å². The van der Waals surface area contributed by atoms with E-state index in [1.807, 2.05) is 28.9 Å². The predicted octanol–water partition coefficient (Wildman–Crippen LogP) is 1.45. The molecule has 1 aromatic rings. The lowest BCUT2D eigenvalue weighted by molar-refractivity contribution is -0.131. The number of carbonyl (C=O) groups excluding carboxylic acids is 1. The summed E-state index contributed by atoms with van der Waals surface area (Å²) in [5.41, 5.74) is 0.937. The number of amides is 1. The fourth-order valence-electron chi connectivity index (χ4n) is 2.05. The van der Waals surface area contributed by atoms with Crippen molar-refractivity contribution in [2.24, 2.45) is 0 Å². The maximum absolute atomic E-state index is 12.0. The van der Waals surface area contributed by atoms with Gasteiger partial charge in [0.05, 0.1) is 18.8 Å². The van der Waals surface area contributed by atoms with E-state index in [-0.39, 0.29) is 5.91 Å². The maximum atomic E-state index is 12.0. The van der Waals surface area contributed by atoms with Gasteiger partial charge in [-0.25, -0.2) is 4.98 Å². The van der Waals surface area contributed by atoms with Gasteiger partial charge in [0.1, 0.15) is 5.82 Å². The molecule has 0 bridgehead atoms. The minimum atomic E-state index is 0.130. The van der Waals surface area contributed by atoms with E-state index in [0.29, 0.717) is 19.7 Å². The van der Waals surface area contributed by atoms with Crippen molar-refractivity contribution < 1.29 is 9.53 Å². The van der Waals surface area contributed by atoms with Gasteiger partial charge in [-0.1, -0.05) is 0 Å². The van der Waals surface area contributed by atoms with E-state index in [1.165, 1.54) is 0 Å². The molecule has 5 nitrogen and oxygen atoms in total. The number of aryl methyl sites for hydroxylation is 1. The summed E-state index contributed by atoms with van der Waals surface area (Å²) < 4.78 is 6.00. The Morgan fingerprint density at radius 1 is 1.42 bits per heavy atom. The van der Waals surface area contributed by atoms with E-state index in [0.717, 1.165) is 29.1 Å². The fourth-order valence-corrected chi connectivity index (χ4v) is 2.27. The molecule has 0 atom stereocenters. The summed E-state index contributed by atoms with van der Waals surface area (Å²) in [7, 11) is 1.65. The van der Waals surface area contributed by atoms with Gasteiger partial charge in [0.15, 0.2) is 0 Å². The van der Waals surface area contributed by atoms with Crippen molar-refractivity contribution >= 4 is 27.7 Å². The van der Waals surface area contributed by atoms with Crippen molar-refractivity contribution in [1.82, 2.24) is 9.88 Å². The van der Waals surface area contributed by atoms with Gasteiger partial charge in [0, 0.05) is 31.2 Å². The second-order valence-electron chi connectivity index (χ2n) is 4.53. The van der Waals surface area contributed by atoms with Crippen LogP contribution in [-0.2, 0) is 9.53 Å². The first-order valence-corrected chi connectivity index (χ1v) is 7.06. The third kappa shape index (κ3) is 3.45. The summed E-state index contributed by atoms with van der Waals surface area (Å²) in [5.74, 6) is 0.992. The first-order valence-electron chi connectivity index (χ1n) is 6.26. The van der Waals surface area contributed by atoms with Crippen LogP contribution in [0.25, 0.3) is 0 Å². The molecule has 6 heteroatoms. The second kappa shape index (κ2) is 6.34. The van der Waals surface area contributed by atoms with E-state index in [4.69, 9.17) is 4.74 Å². The number of anilines is 1. The first kappa shape index (κ1) is 14.3. The number of aromatic nitrogens is 1. The number of ether oxygens (including phenoxy) is 1. The van der Waals surface area contributed by atoms with Gasteiger partial charge in [0.25, 0.3) is 0 Å². The van der Waals surface area contributed by atoms with Crippen LogP contribution in [0.4, 0.5) is 5.82 Å². The Hall–Kier alpha value is -1.14. The normalized spacial score (nSPS) is 16.1. The van der Waals surface area contributed by atoms with Crippen LogP contribution in [0.5, 0.6) is 0 Å². The van der Waals surface area contributed by atoms with Gasteiger partial charge in [-0.15, -0.1) is 0 Å². The Balaban J connectivity index is 2.01. The van der Waals surface area contributed by atoms with Crippen LogP contribution in [0.2, 0.25) is 0 Å². The monoisotopic (exact) mass is 327 g/mol. The van der Waals surface area contributed by atoms with Crippen LogP contribution >= 0.6 is 15.9 Å². The van der Waals surface area contributed by atoms with Gasteiger partial charge in [0.2, 0.25) is 5.91 Å². The summed E-state index contributed by atoms with van der Waals surface area (Å²) >= 11 is 3.43. The molecule has 1 aliphatic rings. The zero-order chi connectivity index (χ0) is 13.8. The molecule has 0 N–H and O–H groups in total. The Bertz CT molecular complexity index is 467. The summed E-state index contributed by atoms with van der Waals surface area (Å²) in [6, 6.07) is 3.91. The van der Waals surface area contributed by atoms with Gasteiger partial charge < -0.3 is 14.5 Å². The number of pyridine rings is 1. The molecule has 0 radical (unpaired) electrons. The smallest absolute Gasteiger partial charge is 0.242 e. The van der Waals surface area contributed by atoms with E-state index in [1.54, 1.807) is 7.11 Å². The highest BCUT2D eigenvalue weighted by atomic mass is 79.9. The molecule has 1 aliphatic heterocycles. The van der Waals surface area contributed by atoms with Crippen molar-refractivity contribution in [3.05, 3.63) is 22.3 Å². The molecule has 1 fully saturated rings. The van der Waals surface area contributed by atoms with Crippen LogP contribution in [0.15, 0.2) is 16.6 Å². The van der Waals surface area contributed by atoms with Crippen LogP contribution in [0.1, 0.15) is 5.69 Å². The molecule has 0 spiro atoms. The highest BCUT2D eigenvalue weighted by Crippen LogP contribution is 2.20. The molecule has 0 aliphatic carbocycles. The third-order valence-electron chi connectivity index (χ3n) is 3.21. The Morgan fingerprint density at radius 2 is 2.21 bits per heavy atom. The molecular weight excluding hydrogens is 310 g/mol. The quantitative estimate of drug-likeness (QED) is 0.839. The number of carbonyl (C=O) groups is 1. The Labute approximate surface area is 121 Å². The number of halogens is 1. The van der Waals surface area contributed by atoms with Gasteiger partial charge in [-0.05, 0) is 35.0 Å². The number of hydrogen-bond acceptors (Lipinski definition) is 4. The van der Waals surface area contributed by atoms with Gasteiger partial charge in [-0.3, -0.25) is 4.79 Å². The topological polar surface area (TPSA) is 45.7 Å². The van der Waals surface area contributed by atoms with Crippen molar-refractivity contribution in [2.45, 2.75) is 6.92 Å². The fraction of sp³-hybridized carbons (Fsp3) is 0.538. The van der Waals surface area contributed by atoms with Gasteiger partial charge >= 0.3 is 0 Å². The summed E-state index contributed by atoms with van der Waals surface area (Å²) in [5, 5.41) is 0. The highest BCUT2D eigenvalue weighted by Gasteiger charge is 2.24. The van der Waals surface area contributed by atoms with Crippen molar-refractivity contribution in [3.8, 4) is 0 Å². The zero-order valence-electron chi connectivity index (χ0n) is 11.2. The Kier molecular flexibility index (Phi) is 4.76. The lowest BCUT2D eigenvalue weighted by Crippen LogP contribution is -2.51. The standard InChI is InChI=1S/C13H18BrN3O2/c1-10-11(14)3-4-12(15-10)17-6-5-16(7-8-19-2)13(18)9-17/h3-4H,5-9H2,1-2H3. The van der Waals surface area contributed by atoms with Crippen LogP contribution in [0, 0.1) is 6.92 Å². The third-order valence-corrected chi connectivity index (χ3v) is 4.05. The molecule has 0 unspecified atom stereocenters. The molecule has 19 heavy (non-hydrogen) atoms. The zero-order valence-corrected chi connectivity index (χ0v) is 12.8. The van der Waals surface area contributed by atoms with Crippen molar-refractivity contribution in [3.63, 3.8) is 0 Å². The lowest BCUT2D eigenvalue weighted by Gasteiger charge is -2.35. The second-order valence-corrected chi connectivity index (χ2v) is 5.39. The van der Waals surface area contributed by atoms with Crippen LogP contribution in [0.3, 0.4) is 0 Å². The Morgan fingerprint density at radius 3 is 2.84 bits per heavy atom. The summed E-state index contributed by atoms with van der Waals surface area (Å²) in [6.07, 6.45) is 0. The summed E-state index contributed by atoms with van der Waals surface area (Å²) in [4.78, 5) is 20.4. The van der Waals surface area contributed by atoms with Crippen LogP contribution < -0.4 is 4.90 Å². The maximum Gasteiger partial charge on any atom is 0.242 e. The molecule has 1 aromatic heterocycles. The minimum Gasteiger partial charge on any atom is -0.383 e. The average Bonchev–Trinajstić information content (AvgIpc) is 2.40. The number of methoxy groups -OCH3 is 1. The first-order chi connectivity index (χ1) is 9.11. The SMILES string of the molecule is COCCN1CCN(c2ccc(Br)c(C)n2)CC1=O. The van der Waals surface area contributed by atoms with Crippen molar-refractivity contribution in [2.75, 3.05) is 44.8 Å². The molecule has 104 valence electrons. The number of piperazine rings is 1. The van der Waals surface area contributed by atoms with Crippen LogP contribution in [-0.4, -0.2) is 55.7 Å². The molecule has 0 saturated carbocycles. The minimum absolute atomic E-state index is 0.130. The molecular formula is C13H18BrN3O2. The molecule has 1 saturated heterocycles. The lowest BCUT2D eigenvalue weighted by atomic mass is 10.3. The molecule has 2 rings (SSSR count). The predicted molar refractivity (Wildman–Crippen MR) is 77.3 cm³/mol. The van der Waals surface area contributed by atoms with E-state index >= 15 is 0 Å². The molecule has 0 aromatic carbocycles. The molecule has 1 amide bonds. The molecule has 2 heterocycles. The van der Waals surface area contributed by atoms with E-state index < -0.39 is 0 Å². The average molecular weight is 328 g/mol. The van der Waals surface area contributed by atoms with Crippen molar-refractivity contribution in [1.29, 1.82) is 0 Å². The highest BCUT2D eigenvalue weighted by molar-refractivity contribution is 9.10. The number of nitrogens with zero attached hydrogens (tertiary/aromatic N) is 3. The van der Waals surface area contributed by atoms with Gasteiger partial charge in [-0.2, -0.15) is 0 Å². The number of hydrogen-bond donors (Lipinski definition) is 0. The number of rotatable bonds is 4. The van der Waals surface area contributed by atoms with E-state index in [9.17, 15) is 4.79 Å².